The highest BCUT2D eigenvalue weighted by Crippen LogP contribution is 2.28. The highest BCUT2D eigenvalue weighted by molar-refractivity contribution is 5.78. The van der Waals surface area contributed by atoms with Crippen molar-refractivity contribution in [3.8, 4) is 0 Å². The molecule has 0 aliphatic heterocycles. The summed E-state index contributed by atoms with van der Waals surface area (Å²) in [7, 11) is 0. The van der Waals surface area contributed by atoms with Gasteiger partial charge >= 0.3 is 0 Å². The Bertz CT molecular complexity index is 502. The lowest BCUT2D eigenvalue weighted by molar-refractivity contribution is -0.129. The quantitative estimate of drug-likeness (QED) is 0.710. The van der Waals surface area contributed by atoms with E-state index < -0.39 is 0 Å². The molecule has 0 radical (unpaired) electrons. The molecule has 2 rings (SSSR count). The molecular formula is C20H28N2O. The second kappa shape index (κ2) is 9.31. The number of benzene rings is 1. The van der Waals surface area contributed by atoms with Crippen LogP contribution in [0, 0.1) is 5.92 Å². The molecule has 3 heteroatoms. The van der Waals surface area contributed by atoms with E-state index in [4.69, 9.17) is 0 Å². The summed E-state index contributed by atoms with van der Waals surface area (Å²) < 4.78 is 0. The molecule has 23 heavy (non-hydrogen) atoms. The Morgan fingerprint density at radius 2 is 1.87 bits per heavy atom. The average Bonchev–Trinajstić information content (AvgIpc) is 3.00. The second-order valence-electron chi connectivity index (χ2n) is 6.24. The van der Waals surface area contributed by atoms with Gasteiger partial charge in [0, 0.05) is 19.1 Å². The highest BCUT2D eigenvalue weighted by Gasteiger charge is 2.27. The first-order chi connectivity index (χ1) is 11.2. The number of carbonyl (C=O) groups is 1. The molecule has 124 valence electrons. The summed E-state index contributed by atoms with van der Waals surface area (Å²) in [6, 6.07) is 11.1. The van der Waals surface area contributed by atoms with Crippen molar-refractivity contribution in [1.82, 2.24) is 10.2 Å². The van der Waals surface area contributed by atoms with Crippen molar-refractivity contribution in [3.05, 3.63) is 61.2 Å². The van der Waals surface area contributed by atoms with Crippen LogP contribution < -0.4 is 5.32 Å². The normalized spacial score (nSPS) is 20.2. The minimum Gasteiger partial charge on any atom is -0.334 e. The van der Waals surface area contributed by atoms with Crippen molar-refractivity contribution in [2.24, 2.45) is 5.92 Å². The van der Waals surface area contributed by atoms with Crippen LogP contribution >= 0.6 is 0 Å². The number of nitrogens with zero attached hydrogens (tertiary/aromatic N) is 1. The van der Waals surface area contributed by atoms with E-state index in [1.165, 1.54) is 18.4 Å². The van der Waals surface area contributed by atoms with Gasteiger partial charge in [-0.15, -0.1) is 13.2 Å². The molecule has 1 aliphatic rings. The molecule has 0 unspecified atom stereocenters. The van der Waals surface area contributed by atoms with Crippen molar-refractivity contribution in [3.63, 3.8) is 0 Å². The molecule has 0 spiro atoms. The third-order valence-corrected chi connectivity index (χ3v) is 4.57. The largest absolute Gasteiger partial charge is 0.334 e. The predicted molar refractivity (Wildman–Crippen MR) is 96.3 cm³/mol. The van der Waals surface area contributed by atoms with Gasteiger partial charge in [-0.25, -0.2) is 0 Å². The van der Waals surface area contributed by atoms with Gasteiger partial charge in [-0.1, -0.05) is 48.9 Å². The number of carbonyl (C=O) groups excluding carboxylic acids is 1. The van der Waals surface area contributed by atoms with Gasteiger partial charge in [0.05, 0.1) is 6.54 Å². The summed E-state index contributed by atoms with van der Waals surface area (Å²) in [5.74, 6) is 0.743. The Kier molecular flexibility index (Phi) is 7.08. The Labute approximate surface area is 140 Å². The third-order valence-electron chi connectivity index (χ3n) is 4.57. The van der Waals surface area contributed by atoms with E-state index in [0.29, 0.717) is 31.6 Å². The number of hydrogen-bond donors (Lipinski definition) is 1. The van der Waals surface area contributed by atoms with E-state index in [-0.39, 0.29) is 5.91 Å². The van der Waals surface area contributed by atoms with Crippen molar-refractivity contribution in [2.75, 3.05) is 19.6 Å². The molecule has 1 aromatic rings. The molecule has 1 aromatic carbocycles. The van der Waals surface area contributed by atoms with Crippen molar-refractivity contribution >= 4 is 5.91 Å². The predicted octanol–water partition coefficient (Wildman–Crippen LogP) is 3.19. The minimum atomic E-state index is 0.121. The lowest BCUT2D eigenvalue weighted by Crippen LogP contribution is -2.43. The molecule has 0 bridgehead atoms. The van der Waals surface area contributed by atoms with Crippen LogP contribution in [0.25, 0.3) is 0 Å². The van der Waals surface area contributed by atoms with Gasteiger partial charge in [0.1, 0.15) is 0 Å². The van der Waals surface area contributed by atoms with E-state index in [0.717, 1.165) is 12.8 Å². The first-order valence-electron chi connectivity index (χ1n) is 8.51. The van der Waals surface area contributed by atoms with Gasteiger partial charge in [-0.3, -0.25) is 4.79 Å². The summed E-state index contributed by atoms with van der Waals surface area (Å²) in [6.45, 7) is 8.97. The summed E-state index contributed by atoms with van der Waals surface area (Å²) in [5.41, 5.74) is 1.39. The molecular weight excluding hydrogens is 284 g/mol. The smallest absolute Gasteiger partial charge is 0.237 e. The molecule has 0 aromatic heterocycles. The van der Waals surface area contributed by atoms with Gasteiger partial charge in [0.25, 0.3) is 0 Å². The lowest BCUT2D eigenvalue weighted by atomic mass is 9.94. The molecule has 1 amide bonds. The number of hydrogen-bond acceptors (Lipinski definition) is 2. The van der Waals surface area contributed by atoms with E-state index in [1.54, 1.807) is 17.1 Å². The zero-order valence-corrected chi connectivity index (χ0v) is 13.9. The number of nitrogens with one attached hydrogen (secondary N) is 1. The molecule has 3 nitrogen and oxygen atoms in total. The van der Waals surface area contributed by atoms with E-state index >= 15 is 0 Å². The zero-order valence-electron chi connectivity index (χ0n) is 13.9. The molecule has 0 heterocycles. The Hall–Kier alpha value is -1.87. The van der Waals surface area contributed by atoms with Crippen LogP contribution in [0.1, 0.15) is 24.8 Å². The van der Waals surface area contributed by atoms with Crippen molar-refractivity contribution < 1.29 is 4.79 Å². The summed E-state index contributed by atoms with van der Waals surface area (Å²) >= 11 is 0. The third kappa shape index (κ3) is 5.36. The SMILES string of the molecule is C=CCN(CC=C)C(=O)CN[C@H]1CCC[C@@H]1Cc1ccccc1. The van der Waals surface area contributed by atoms with Crippen molar-refractivity contribution in [1.29, 1.82) is 0 Å². The number of rotatable bonds is 9. The fourth-order valence-corrected chi connectivity index (χ4v) is 3.39. The van der Waals surface area contributed by atoms with E-state index in [2.05, 4.69) is 48.8 Å². The average molecular weight is 312 g/mol. The summed E-state index contributed by atoms with van der Waals surface area (Å²) in [6.07, 6.45) is 8.25. The summed E-state index contributed by atoms with van der Waals surface area (Å²) in [5, 5.41) is 3.49. The Morgan fingerprint density at radius 3 is 2.52 bits per heavy atom. The van der Waals surface area contributed by atoms with E-state index in [1.807, 2.05) is 0 Å². The molecule has 2 atom stereocenters. The maximum absolute atomic E-state index is 12.3. The van der Waals surface area contributed by atoms with Crippen LogP contribution in [0.2, 0.25) is 0 Å². The monoisotopic (exact) mass is 312 g/mol. The molecule has 0 saturated heterocycles. The first kappa shape index (κ1) is 17.5. The van der Waals surface area contributed by atoms with Gasteiger partial charge < -0.3 is 10.2 Å². The molecule has 1 N–H and O–H groups in total. The van der Waals surface area contributed by atoms with Crippen LogP contribution in [0.5, 0.6) is 0 Å². The van der Waals surface area contributed by atoms with E-state index in [9.17, 15) is 4.79 Å². The van der Waals surface area contributed by atoms with Gasteiger partial charge in [-0.2, -0.15) is 0 Å². The first-order valence-corrected chi connectivity index (χ1v) is 8.51. The van der Waals surface area contributed by atoms with Gasteiger partial charge in [0.15, 0.2) is 0 Å². The minimum absolute atomic E-state index is 0.121. The van der Waals surface area contributed by atoms with Crippen LogP contribution in [-0.4, -0.2) is 36.5 Å². The maximum Gasteiger partial charge on any atom is 0.237 e. The van der Waals surface area contributed by atoms with Crippen LogP contribution in [-0.2, 0) is 11.2 Å². The lowest BCUT2D eigenvalue weighted by Gasteiger charge is -2.24. The topological polar surface area (TPSA) is 32.3 Å². The highest BCUT2D eigenvalue weighted by atomic mass is 16.2. The molecule has 1 aliphatic carbocycles. The molecule has 1 saturated carbocycles. The zero-order chi connectivity index (χ0) is 16.5. The van der Waals surface area contributed by atoms with Gasteiger partial charge in [0.2, 0.25) is 5.91 Å². The van der Waals surface area contributed by atoms with Crippen molar-refractivity contribution in [2.45, 2.75) is 31.7 Å². The summed E-state index contributed by atoms with van der Waals surface area (Å²) in [4.78, 5) is 14.1. The fourth-order valence-electron chi connectivity index (χ4n) is 3.39. The fraction of sp³-hybridized carbons (Fsp3) is 0.450. The maximum atomic E-state index is 12.3. The van der Waals surface area contributed by atoms with Crippen LogP contribution in [0.15, 0.2) is 55.6 Å². The Balaban J connectivity index is 1.84. The number of amides is 1. The standard InChI is InChI=1S/C20H28N2O/c1-3-13-22(14-4-2)20(23)16-21-19-12-8-11-18(19)15-17-9-6-5-7-10-17/h3-7,9-10,18-19,21H,1-2,8,11-16H2/t18-,19+/m1/s1. The molecule has 1 fully saturated rings. The Morgan fingerprint density at radius 1 is 1.17 bits per heavy atom. The van der Waals surface area contributed by atoms with Crippen LogP contribution in [0.3, 0.4) is 0 Å². The van der Waals surface area contributed by atoms with Crippen LogP contribution in [0.4, 0.5) is 0 Å². The van der Waals surface area contributed by atoms with Gasteiger partial charge in [-0.05, 0) is 30.7 Å². The second-order valence-corrected chi connectivity index (χ2v) is 6.24.